The number of carbonyl (C=O) groups excluding carboxylic acids is 1. The molecule has 7 heteroatoms. The monoisotopic (exact) mass is 362 g/mol. The Labute approximate surface area is 154 Å². The Bertz CT molecular complexity index is 682. The van der Waals surface area contributed by atoms with E-state index in [9.17, 15) is 15.2 Å². The van der Waals surface area contributed by atoms with Crippen molar-refractivity contribution in [1.82, 2.24) is 4.90 Å². The van der Waals surface area contributed by atoms with Crippen LogP contribution in [0.3, 0.4) is 0 Å². The summed E-state index contributed by atoms with van der Waals surface area (Å²) in [4.78, 5) is 13.5. The molecule has 1 N–H and O–H groups in total. The number of carbonyl (C=O) groups is 1. The summed E-state index contributed by atoms with van der Waals surface area (Å²) in [5.41, 5.74) is 1.08. The molecule has 0 aromatic heterocycles. The van der Waals surface area contributed by atoms with Crippen LogP contribution in [0.2, 0.25) is 0 Å². The van der Waals surface area contributed by atoms with E-state index in [2.05, 4.69) is 6.07 Å². The molecule has 0 bridgehead atoms. The zero-order chi connectivity index (χ0) is 19.5. The van der Waals surface area contributed by atoms with Crippen LogP contribution in [0.5, 0.6) is 0 Å². The lowest BCUT2D eigenvalue weighted by Crippen LogP contribution is -2.53. The first-order valence-electron chi connectivity index (χ1n) is 8.45. The van der Waals surface area contributed by atoms with E-state index >= 15 is 0 Å². The van der Waals surface area contributed by atoms with E-state index in [4.69, 9.17) is 14.2 Å². The Kier molecular flexibility index (Phi) is 6.24. The molecule has 1 saturated heterocycles. The van der Waals surface area contributed by atoms with Gasteiger partial charge in [-0.2, -0.15) is 5.26 Å². The van der Waals surface area contributed by atoms with Gasteiger partial charge in [-0.15, -0.1) is 0 Å². The molecule has 1 amide bonds. The Hall–Kier alpha value is -2.14. The highest BCUT2D eigenvalue weighted by Gasteiger charge is 2.38. The second-order valence-corrected chi connectivity index (χ2v) is 7.35. The van der Waals surface area contributed by atoms with Crippen molar-refractivity contribution in [3.05, 3.63) is 34.9 Å². The van der Waals surface area contributed by atoms with E-state index in [-0.39, 0.29) is 12.0 Å². The average molecular weight is 362 g/mol. The van der Waals surface area contributed by atoms with Crippen LogP contribution in [0, 0.1) is 17.2 Å². The van der Waals surface area contributed by atoms with E-state index in [1.54, 1.807) is 23.1 Å². The average Bonchev–Trinajstić information content (AvgIpc) is 2.53. The molecular formula is C19H26N2O5. The number of aliphatic hydroxyl groups is 1. The number of benzene rings is 1. The minimum atomic E-state index is -0.765. The van der Waals surface area contributed by atoms with Gasteiger partial charge >= 0.3 is 6.09 Å². The maximum atomic E-state index is 12.0. The van der Waals surface area contributed by atoms with Crippen LogP contribution in [0.4, 0.5) is 4.79 Å². The minimum Gasteiger partial charge on any atom is -0.444 e. The van der Waals surface area contributed by atoms with Crippen molar-refractivity contribution < 1.29 is 24.1 Å². The van der Waals surface area contributed by atoms with E-state index in [1.807, 2.05) is 20.8 Å². The predicted molar refractivity (Wildman–Crippen MR) is 94.2 cm³/mol. The molecule has 0 aliphatic carbocycles. The van der Waals surface area contributed by atoms with Crippen molar-refractivity contribution in [2.75, 3.05) is 27.3 Å². The fourth-order valence-electron chi connectivity index (χ4n) is 2.87. The normalized spacial score (nSPS) is 16.2. The molecule has 1 aromatic carbocycles. The number of aliphatic hydroxyl groups excluding tert-OH is 1. The van der Waals surface area contributed by atoms with Gasteiger partial charge in [-0.05, 0) is 32.4 Å². The molecule has 1 aromatic rings. The molecule has 7 nitrogen and oxygen atoms in total. The van der Waals surface area contributed by atoms with Gasteiger partial charge in [-0.25, -0.2) is 4.79 Å². The molecule has 1 aliphatic rings. The Morgan fingerprint density at radius 3 is 2.42 bits per heavy atom. The fourth-order valence-corrected chi connectivity index (χ4v) is 2.87. The Balaban J connectivity index is 2.04. The number of ether oxygens (including phenoxy) is 3. The number of hydrogen-bond acceptors (Lipinski definition) is 6. The van der Waals surface area contributed by atoms with Gasteiger partial charge < -0.3 is 24.2 Å². The van der Waals surface area contributed by atoms with E-state index in [0.29, 0.717) is 29.8 Å². The molecule has 142 valence electrons. The summed E-state index contributed by atoms with van der Waals surface area (Å²) < 4.78 is 15.7. The van der Waals surface area contributed by atoms with Crippen LogP contribution in [0.15, 0.2) is 18.2 Å². The third-order valence-corrected chi connectivity index (χ3v) is 4.23. The van der Waals surface area contributed by atoms with Crippen LogP contribution < -0.4 is 0 Å². The molecule has 0 spiro atoms. The SMILES string of the molecule is COC(OC)c1ccc(C(O)C2CN(C(=O)OC(C)(C)C)C2)cc1C#N. The van der Waals surface area contributed by atoms with Crippen molar-refractivity contribution in [1.29, 1.82) is 5.26 Å². The first kappa shape index (κ1) is 20.2. The van der Waals surface area contributed by atoms with Crippen LogP contribution in [0.1, 0.15) is 49.9 Å². The third kappa shape index (κ3) is 4.52. The number of amides is 1. The second kappa shape index (κ2) is 8.04. The van der Waals surface area contributed by atoms with Crippen LogP contribution in [-0.4, -0.2) is 49.0 Å². The standard InChI is InChI=1S/C19H26N2O5/c1-19(2,3)26-18(23)21-10-14(11-21)16(22)12-6-7-15(13(8-12)9-20)17(24-4)25-5/h6-8,14,16-17,22H,10-11H2,1-5H3. The van der Waals surface area contributed by atoms with Gasteiger partial charge in [0.2, 0.25) is 0 Å². The highest BCUT2D eigenvalue weighted by molar-refractivity contribution is 5.69. The van der Waals surface area contributed by atoms with E-state index in [0.717, 1.165) is 0 Å². The van der Waals surface area contributed by atoms with Gasteiger partial charge in [0.25, 0.3) is 0 Å². The fraction of sp³-hybridized carbons (Fsp3) is 0.579. The highest BCUT2D eigenvalue weighted by atomic mass is 16.7. The second-order valence-electron chi connectivity index (χ2n) is 7.35. The third-order valence-electron chi connectivity index (χ3n) is 4.23. The molecule has 1 aliphatic heterocycles. The summed E-state index contributed by atoms with van der Waals surface area (Å²) in [7, 11) is 3.00. The summed E-state index contributed by atoms with van der Waals surface area (Å²) in [5.74, 6) is -0.0967. The largest absolute Gasteiger partial charge is 0.444 e. The maximum Gasteiger partial charge on any atom is 0.410 e. The van der Waals surface area contributed by atoms with Crippen molar-refractivity contribution >= 4 is 6.09 Å². The smallest absolute Gasteiger partial charge is 0.410 e. The van der Waals surface area contributed by atoms with Crippen LogP contribution >= 0.6 is 0 Å². The topological polar surface area (TPSA) is 92.0 Å². The molecule has 1 atom stereocenters. The first-order valence-corrected chi connectivity index (χ1v) is 8.45. The summed E-state index contributed by atoms with van der Waals surface area (Å²) in [5, 5.41) is 20.0. The van der Waals surface area contributed by atoms with Crippen molar-refractivity contribution in [3.63, 3.8) is 0 Å². The zero-order valence-corrected chi connectivity index (χ0v) is 15.9. The molecule has 26 heavy (non-hydrogen) atoms. The van der Waals surface area contributed by atoms with Gasteiger partial charge in [-0.1, -0.05) is 12.1 Å². The van der Waals surface area contributed by atoms with Crippen molar-refractivity contribution in [2.24, 2.45) is 5.92 Å². The predicted octanol–water partition coefficient (Wildman–Crippen LogP) is 2.75. The Morgan fingerprint density at radius 2 is 1.92 bits per heavy atom. The van der Waals surface area contributed by atoms with Gasteiger partial charge in [0.1, 0.15) is 5.60 Å². The summed E-state index contributed by atoms with van der Waals surface area (Å²) in [6.45, 7) is 6.27. The molecular weight excluding hydrogens is 336 g/mol. The summed E-state index contributed by atoms with van der Waals surface area (Å²) >= 11 is 0. The van der Waals surface area contributed by atoms with E-state index < -0.39 is 18.0 Å². The van der Waals surface area contributed by atoms with Gasteiger partial charge in [0.05, 0.1) is 17.7 Å². The molecule has 2 rings (SSSR count). The van der Waals surface area contributed by atoms with Gasteiger partial charge in [0, 0.05) is 38.8 Å². The van der Waals surface area contributed by atoms with Crippen molar-refractivity contribution in [3.8, 4) is 6.07 Å². The van der Waals surface area contributed by atoms with Gasteiger partial charge in [0.15, 0.2) is 6.29 Å². The summed E-state index contributed by atoms with van der Waals surface area (Å²) in [6.07, 6.45) is -1.78. The quantitative estimate of drug-likeness (QED) is 0.810. The molecule has 1 heterocycles. The number of nitrogens with zero attached hydrogens (tertiary/aromatic N) is 2. The first-order chi connectivity index (χ1) is 12.2. The zero-order valence-electron chi connectivity index (χ0n) is 15.9. The van der Waals surface area contributed by atoms with Crippen molar-refractivity contribution in [2.45, 2.75) is 38.8 Å². The Morgan fingerprint density at radius 1 is 1.31 bits per heavy atom. The molecule has 0 radical (unpaired) electrons. The lowest BCUT2D eigenvalue weighted by Gasteiger charge is -2.42. The lowest BCUT2D eigenvalue weighted by atomic mass is 9.88. The number of hydrogen-bond donors (Lipinski definition) is 1. The molecule has 1 fully saturated rings. The summed E-state index contributed by atoms with van der Waals surface area (Å²) in [6, 6.07) is 7.23. The van der Waals surface area contributed by atoms with E-state index in [1.165, 1.54) is 14.2 Å². The van der Waals surface area contributed by atoms with Gasteiger partial charge in [-0.3, -0.25) is 0 Å². The number of nitriles is 1. The minimum absolute atomic E-state index is 0.0967. The maximum absolute atomic E-state index is 12.0. The molecule has 0 saturated carbocycles. The lowest BCUT2D eigenvalue weighted by molar-refractivity contribution is -0.106. The number of rotatable bonds is 5. The molecule has 1 unspecified atom stereocenters. The highest BCUT2D eigenvalue weighted by Crippen LogP contribution is 2.33. The van der Waals surface area contributed by atoms with Crippen LogP contribution in [0.25, 0.3) is 0 Å². The van der Waals surface area contributed by atoms with Crippen LogP contribution in [-0.2, 0) is 14.2 Å². The number of methoxy groups -OCH3 is 2. The number of likely N-dealkylation sites (tertiary alicyclic amines) is 1.